The molecule has 0 saturated carbocycles. The van der Waals surface area contributed by atoms with Gasteiger partial charge >= 0.3 is 5.97 Å². The van der Waals surface area contributed by atoms with E-state index in [-0.39, 0.29) is 12.6 Å². The fourth-order valence-electron chi connectivity index (χ4n) is 7.19. The van der Waals surface area contributed by atoms with Crippen molar-refractivity contribution in [1.82, 2.24) is 9.80 Å². The molecule has 0 saturated heterocycles. The van der Waals surface area contributed by atoms with E-state index < -0.39 is 0 Å². The molecule has 0 bridgehead atoms. The van der Waals surface area contributed by atoms with E-state index in [1.165, 1.54) is 199 Å². The largest absolute Gasteiger partial charge is 0.466 e. The first-order chi connectivity index (χ1) is 24.7. The molecule has 0 atom stereocenters. The second kappa shape index (κ2) is 42.8. The Morgan fingerprint density at radius 1 is 0.380 bits per heavy atom. The lowest BCUT2D eigenvalue weighted by Crippen LogP contribution is -2.38. The summed E-state index contributed by atoms with van der Waals surface area (Å²) in [5, 5.41) is 9.77. The van der Waals surface area contributed by atoms with Crippen molar-refractivity contribution in [3.05, 3.63) is 0 Å². The summed E-state index contributed by atoms with van der Waals surface area (Å²) in [6, 6.07) is 0. The number of nitrogens with zero attached hydrogens (tertiary/aromatic N) is 2. The fraction of sp³-hybridized carbons (Fsp3) is 0.978. The fourth-order valence-corrected chi connectivity index (χ4v) is 7.19. The van der Waals surface area contributed by atoms with Gasteiger partial charge in [-0.1, -0.05) is 194 Å². The zero-order valence-electron chi connectivity index (χ0n) is 34.6. The standard InChI is InChI=1S/C45H92N2O3/c1-4-7-10-13-16-18-20-22-27-32-37-46(38-33-28-23-21-19-17-14-11-8-5-2)40-41-47(42-43-48)39-34-29-25-26-31-36-45(49)50-44-35-30-24-15-12-9-6-3/h48H,4-44H2,1-3H3. The minimum atomic E-state index is -0.00901. The third-order valence-corrected chi connectivity index (χ3v) is 10.7. The van der Waals surface area contributed by atoms with Crippen LogP contribution in [0.2, 0.25) is 0 Å². The molecular weight excluding hydrogens is 617 g/mol. The van der Waals surface area contributed by atoms with Crippen LogP contribution < -0.4 is 0 Å². The number of ether oxygens (including phenoxy) is 1. The third kappa shape index (κ3) is 38.6. The van der Waals surface area contributed by atoms with E-state index in [2.05, 4.69) is 30.6 Å². The predicted octanol–water partition coefficient (Wildman–Crippen LogP) is 13.1. The SMILES string of the molecule is CCCCCCCCCCCCN(CCCCCCCCCCCC)CCN(CCO)CCCCCCCC(=O)OCCCCCCCCC. The maximum atomic E-state index is 12.1. The summed E-state index contributed by atoms with van der Waals surface area (Å²) < 4.78 is 5.45. The molecule has 0 radical (unpaired) electrons. The molecule has 0 aliphatic rings. The highest BCUT2D eigenvalue weighted by Crippen LogP contribution is 2.14. The van der Waals surface area contributed by atoms with Gasteiger partial charge in [-0.3, -0.25) is 9.69 Å². The van der Waals surface area contributed by atoms with Crippen molar-refractivity contribution in [3.8, 4) is 0 Å². The van der Waals surface area contributed by atoms with Crippen LogP contribution in [-0.2, 0) is 9.53 Å². The van der Waals surface area contributed by atoms with Gasteiger partial charge in [-0.15, -0.1) is 0 Å². The minimum absolute atomic E-state index is 0.00901. The van der Waals surface area contributed by atoms with Crippen LogP contribution >= 0.6 is 0 Å². The van der Waals surface area contributed by atoms with Gasteiger partial charge in [0.05, 0.1) is 13.2 Å². The molecule has 0 unspecified atom stereocenters. The lowest BCUT2D eigenvalue weighted by molar-refractivity contribution is -0.143. The minimum Gasteiger partial charge on any atom is -0.466 e. The van der Waals surface area contributed by atoms with E-state index in [4.69, 9.17) is 4.74 Å². The van der Waals surface area contributed by atoms with Crippen molar-refractivity contribution < 1.29 is 14.6 Å². The Kier molecular flexibility index (Phi) is 42.2. The Hall–Kier alpha value is -0.650. The van der Waals surface area contributed by atoms with Crippen molar-refractivity contribution in [2.45, 2.75) is 233 Å². The normalized spacial score (nSPS) is 11.7. The number of carbonyl (C=O) groups is 1. The molecular formula is C45H92N2O3. The summed E-state index contributed by atoms with van der Waals surface area (Å²) >= 11 is 0. The average Bonchev–Trinajstić information content (AvgIpc) is 3.12. The second-order valence-corrected chi connectivity index (χ2v) is 15.6. The highest BCUT2D eigenvalue weighted by atomic mass is 16.5. The van der Waals surface area contributed by atoms with Gasteiger partial charge in [0.25, 0.3) is 0 Å². The Bertz CT molecular complexity index is 622. The number of hydrogen-bond acceptors (Lipinski definition) is 5. The number of esters is 1. The van der Waals surface area contributed by atoms with Crippen LogP contribution in [0.3, 0.4) is 0 Å². The van der Waals surface area contributed by atoms with Crippen molar-refractivity contribution in [1.29, 1.82) is 0 Å². The van der Waals surface area contributed by atoms with E-state index in [9.17, 15) is 9.90 Å². The van der Waals surface area contributed by atoms with Crippen molar-refractivity contribution >= 4 is 5.97 Å². The first-order valence-electron chi connectivity index (χ1n) is 22.9. The van der Waals surface area contributed by atoms with Gasteiger partial charge < -0.3 is 14.7 Å². The summed E-state index contributed by atoms with van der Waals surface area (Å²) in [6.45, 7) is 14.2. The first kappa shape index (κ1) is 49.4. The summed E-state index contributed by atoms with van der Waals surface area (Å²) in [6.07, 6.45) is 42.9. The average molecular weight is 709 g/mol. The number of aliphatic hydroxyl groups excluding tert-OH is 1. The molecule has 0 aromatic rings. The quantitative estimate of drug-likeness (QED) is 0.0505. The van der Waals surface area contributed by atoms with Crippen molar-refractivity contribution in [2.24, 2.45) is 0 Å². The molecule has 0 heterocycles. The third-order valence-electron chi connectivity index (χ3n) is 10.7. The number of rotatable bonds is 43. The highest BCUT2D eigenvalue weighted by Gasteiger charge is 2.10. The molecule has 5 nitrogen and oxygen atoms in total. The molecule has 0 aromatic carbocycles. The van der Waals surface area contributed by atoms with Crippen LogP contribution in [0.4, 0.5) is 0 Å². The molecule has 0 aromatic heterocycles. The van der Waals surface area contributed by atoms with E-state index in [1.807, 2.05) is 0 Å². The summed E-state index contributed by atoms with van der Waals surface area (Å²) in [4.78, 5) is 17.3. The topological polar surface area (TPSA) is 53.0 Å². The van der Waals surface area contributed by atoms with Gasteiger partial charge in [0.2, 0.25) is 0 Å². The lowest BCUT2D eigenvalue weighted by atomic mass is 10.1. The molecule has 0 spiro atoms. The van der Waals surface area contributed by atoms with Gasteiger partial charge in [0, 0.05) is 26.1 Å². The first-order valence-corrected chi connectivity index (χ1v) is 22.9. The lowest BCUT2D eigenvalue weighted by Gasteiger charge is -2.27. The molecule has 300 valence electrons. The maximum Gasteiger partial charge on any atom is 0.305 e. The summed E-state index contributed by atoms with van der Waals surface area (Å²) in [7, 11) is 0. The van der Waals surface area contributed by atoms with Crippen LogP contribution in [-0.4, -0.2) is 73.4 Å². The Morgan fingerprint density at radius 2 is 0.680 bits per heavy atom. The molecule has 0 aliphatic heterocycles. The van der Waals surface area contributed by atoms with Crippen molar-refractivity contribution in [3.63, 3.8) is 0 Å². The zero-order chi connectivity index (χ0) is 36.4. The number of hydrogen-bond donors (Lipinski definition) is 1. The van der Waals surface area contributed by atoms with Gasteiger partial charge in [-0.25, -0.2) is 0 Å². The van der Waals surface area contributed by atoms with Gasteiger partial charge in [-0.2, -0.15) is 0 Å². The zero-order valence-corrected chi connectivity index (χ0v) is 34.6. The second-order valence-electron chi connectivity index (χ2n) is 15.6. The Labute approximate surface area is 314 Å². The molecule has 0 aliphatic carbocycles. The molecule has 5 heteroatoms. The van der Waals surface area contributed by atoms with Gasteiger partial charge in [0.15, 0.2) is 0 Å². The number of unbranched alkanes of at least 4 members (excludes halogenated alkanes) is 28. The van der Waals surface area contributed by atoms with E-state index in [1.54, 1.807) is 0 Å². The number of carbonyl (C=O) groups excluding carboxylic acids is 1. The van der Waals surface area contributed by atoms with Crippen LogP contribution in [0.1, 0.15) is 233 Å². The molecule has 0 rings (SSSR count). The highest BCUT2D eigenvalue weighted by molar-refractivity contribution is 5.69. The van der Waals surface area contributed by atoms with E-state index in [0.717, 1.165) is 45.4 Å². The van der Waals surface area contributed by atoms with Gasteiger partial charge in [-0.05, 0) is 51.7 Å². The van der Waals surface area contributed by atoms with Crippen molar-refractivity contribution in [2.75, 3.05) is 52.5 Å². The van der Waals surface area contributed by atoms with Crippen LogP contribution in [0.15, 0.2) is 0 Å². The summed E-state index contributed by atoms with van der Waals surface area (Å²) in [5.41, 5.74) is 0. The predicted molar refractivity (Wildman–Crippen MR) is 220 cm³/mol. The maximum absolute atomic E-state index is 12.1. The monoisotopic (exact) mass is 709 g/mol. The molecule has 50 heavy (non-hydrogen) atoms. The smallest absolute Gasteiger partial charge is 0.305 e. The van der Waals surface area contributed by atoms with E-state index >= 15 is 0 Å². The molecule has 0 fully saturated rings. The van der Waals surface area contributed by atoms with E-state index in [0.29, 0.717) is 13.0 Å². The summed E-state index contributed by atoms with van der Waals surface area (Å²) in [5.74, 6) is -0.00901. The molecule has 1 N–H and O–H groups in total. The Balaban J connectivity index is 4.24. The number of aliphatic hydroxyl groups is 1. The Morgan fingerprint density at radius 3 is 1.04 bits per heavy atom. The van der Waals surface area contributed by atoms with Crippen LogP contribution in [0, 0.1) is 0 Å². The molecule has 0 amide bonds. The van der Waals surface area contributed by atoms with Crippen LogP contribution in [0.25, 0.3) is 0 Å². The van der Waals surface area contributed by atoms with Crippen LogP contribution in [0.5, 0.6) is 0 Å². The van der Waals surface area contributed by atoms with Gasteiger partial charge in [0.1, 0.15) is 0 Å².